The van der Waals surface area contributed by atoms with E-state index in [9.17, 15) is 18.0 Å². The normalized spacial score (nSPS) is 13.0. The molecule has 2 aromatic rings. The predicted octanol–water partition coefficient (Wildman–Crippen LogP) is 3.66. The maximum absolute atomic E-state index is 13.5. The number of aromatic nitrogens is 1. The molecule has 8 heteroatoms. The average Bonchev–Trinajstić information content (AvgIpc) is 2.93. The predicted molar refractivity (Wildman–Crippen MR) is 120 cm³/mol. The molecule has 1 heterocycles. The van der Waals surface area contributed by atoms with Crippen LogP contribution in [0.3, 0.4) is 0 Å². The van der Waals surface area contributed by atoms with E-state index in [1.54, 1.807) is 56.7 Å². The van der Waals surface area contributed by atoms with Crippen LogP contribution in [0.15, 0.2) is 29.2 Å². The van der Waals surface area contributed by atoms with Gasteiger partial charge in [-0.15, -0.1) is 0 Å². The number of ether oxygens (including phenoxy) is 1. The highest BCUT2D eigenvalue weighted by Gasteiger charge is 2.36. The maximum atomic E-state index is 13.5. The van der Waals surface area contributed by atoms with Crippen molar-refractivity contribution in [3.05, 3.63) is 52.3 Å². The summed E-state index contributed by atoms with van der Waals surface area (Å²) in [6.07, 6.45) is 0. The van der Waals surface area contributed by atoms with E-state index >= 15 is 0 Å². The molecule has 7 nitrogen and oxygen atoms in total. The Balaban J connectivity index is 2.57. The Kier molecular flexibility index (Phi) is 7.49. The van der Waals surface area contributed by atoms with Crippen molar-refractivity contribution >= 4 is 21.8 Å². The summed E-state index contributed by atoms with van der Waals surface area (Å²) in [6.45, 7) is 10.9. The molecule has 0 bridgehead atoms. The van der Waals surface area contributed by atoms with Crippen molar-refractivity contribution in [2.45, 2.75) is 52.5 Å². The summed E-state index contributed by atoms with van der Waals surface area (Å²) in [4.78, 5) is 25.9. The lowest BCUT2D eigenvalue weighted by Crippen LogP contribution is -2.45. The van der Waals surface area contributed by atoms with Gasteiger partial charge in [0.2, 0.25) is 10.0 Å². The Bertz CT molecular complexity index is 1080. The smallest absolute Gasteiger partial charge is 0.354 e. The Morgan fingerprint density at radius 2 is 1.61 bits per heavy atom. The van der Waals surface area contributed by atoms with E-state index in [-0.39, 0.29) is 28.8 Å². The zero-order valence-corrected chi connectivity index (χ0v) is 20.3. The van der Waals surface area contributed by atoms with Crippen LogP contribution < -0.4 is 0 Å². The van der Waals surface area contributed by atoms with Crippen molar-refractivity contribution in [1.29, 1.82) is 0 Å². The first-order chi connectivity index (χ1) is 14.3. The molecule has 170 valence electrons. The second-order valence-electron chi connectivity index (χ2n) is 8.31. The van der Waals surface area contributed by atoms with Crippen LogP contribution in [0.25, 0.3) is 0 Å². The van der Waals surface area contributed by atoms with E-state index < -0.39 is 22.0 Å². The van der Waals surface area contributed by atoms with E-state index in [4.69, 9.17) is 4.74 Å². The monoisotopic (exact) mass is 448 g/mol. The van der Waals surface area contributed by atoms with Crippen molar-refractivity contribution in [3.8, 4) is 0 Å². The molecule has 0 spiro atoms. The number of hydrogen-bond donors (Lipinski definition) is 0. The minimum Gasteiger partial charge on any atom is -0.464 e. The van der Waals surface area contributed by atoms with Gasteiger partial charge >= 0.3 is 5.97 Å². The number of benzene rings is 1. The van der Waals surface area contributed by atoms with Gasteiger partial charge in [0.1, 0.15) is 5.69 Å². The zero-order valence-electron chi connectivity index (χ0n) is 19.5. The third-order valence-electron chi connectivity index (χ3n) is 5.54. The van der Waals surface area contributed by atoms with Gasteiger partial charge in [-0.05, 0) is 51.3 Å². The second-order valence-corrected chi connectivity index (χ2v) is 10.2. The molecule has 0 radical (unpaired) electrons. The SMILES string of the molecule is COC(=O)c1c(C)c(C(=O)[C@@H](C)N(CC(C)C)S(=O)(=O)c2ccc(C)cc2)c(C)n1C. The highest BCUT2D eigenvalue weighted by molar-refractivity contribution is 7.89. The molecule has 1 aromatic carbocycles. The van der Waals surface area contributed by atoms with Gasteiger partial charge in [0.15, 0.2) is 5.78 Å². The van der Waals surface area contributed by atoms with Crippen molar-refractivity contribution in [3.63, 3.8) is 0 Å². The van der Waals surface area contributed by atoms with Crippen LogP contribution in [0.2, 0.25) is 0 Å². The van der Waals surface area contributed by atoms with Gasteiger partial charge in [-0.2, -0.15) is 4.31 Å². The third kappa shape index (κ3) is 4.75. The lowest BCUT2D eigenvalue weighted by molar-refractivity contribution is 0.0588. The molecule has 0 unspecified atom stereocenters. The summed E-state index contributed by atoms with van der Waals surface area (Å²) in [5, 5.41) is 0. The van der Waals surface area contributed by atoms with Crippen molar-refractivity contribution in [2.75, 3.05) is 13.7 Å². The van der Waals surface area contributed by atoms with Gasteiger partial charge < -0.3 is 9.30 Å². The molecule has 0 aliphatic heterocycles. The number of nitrogens with zero attached hydrogens (tertiary/aromatic N) is 2. The fourth-order valence-electron chi connectivity index (χ4n) is 3.74. The van der Waals surface area contributed by atoms with Gasteiger partial charge in [-0.1, -0.05) is 31.5 Å². The summed E-state index contributed by atoms with van der Waals surface area (Å²) < 4.78 is 34.6. The number of esters is 1. The molecule has 1 aromatic heterocycles. The molecular weight excluding hydrogens is 416 g/mol. The fraction of sp³-hybridized carbons (Fsp3) is 0.478. The Labute approximate surface area is 185 Å². The average molecular weight is 449 g/mol. The summed E-state index contributed by atoms with van der Waals surface area (Å²) in [5.74, 6) is -0.878. The Morgan fingerprint density at radius 1 is 1.06 bits per heavy atom. The molecule has 0 amide bonds. The van der Waals surface area contributed by atoms with E-state index in [1.807, 2.05) is 20.8 Å². The molecular formula is C23H32N2O5S. The molecule has 1 atom stereocenters. The lowest BCUT2D eigenvalue weighted by atomic mass is 10.0. The van der Waals surface area contributed by atoms with Crippen LogP contribution >= 0.6 is 0 Å². The van der Waals surface area contributed by atoms with E-state index in [1.165, 1.54) is 11.4 Å². The van der Waals surface area contributed by atoms with Crippen LogP contribution in [0.1, 0.15) is 58.4 Å². The quantitative estimate of drug-likeness (QED) is 0.454. The fourth-order valence-corrected chi connectivity index (χ4v) is 5.49. The summed E-state index contributed by atoms with van der Waals surface area (Å²) in [7, 11) is -0.931. The van der Waals surface area contributed by atoms with Gasteiger partial charge in [-0.3, -0.25) is 4.79 Å². The van der Waals surface area contributed by atoms with Crippen molar-refractivity contribution < 1.29 is 22.7 Å². The van der Waals surface area contributed by atoms with Crippen LogP contribution in [0, 0.1) is 26.7 Å². The number of carbonyl (C=O) groups is 2. The first-order valence-electron chi connectivity index (χ1n) is 10.2. The molecule has 0 aliphatic rings. The number of aryl methyl sites for hydroxylation is 1. The standard InChI is InChI=1S/C23H32N2O5S/c1-14(2)13-25(31(28,29)19-11-9-15(3)10-12-19)18(6)22(26)20-16(4)21(23(27)30-8)24(7)17(20)5/h9-12,14,18H,13H2,1-8H3/t18-/m1/s1. The minimum atomic E-state index is -3.90. The van der Waals surface area contributed by atoms with Crippen LogP contribution in [0.5, 0.6) is 0 Å². The summed E-state index contributed by atoms with van der Waals surface area (Å²) in [5.41, 5.74) is 2.66. The van der Waals surface area contributed by atoms with Gasteiger partial charge in [0.25, 0.3) is 0 Å². The number of sulfonamides is 1. The number of ketones is 1. The molecule has 0 N–H and O–H groups in total. The molecule has 0 saturated heterocycles. The highest BCUT2D eigenvalue weighted by atomic mass is 32.2. The molecule has 0 aliphatic carbocycles. The number of methoxy groups -OCH3 is 1. The van der Waals surface area contributed by atoms with Crippen molar-refractivity contribution in [1.82, 2.24) is 8.87 Å². The molecule has 0 saturated carbocycles. The van der Waals surface area contributed by atoms with Crippen LogP contribution in [0.4, 0.5) is 0 Å². The number of Topliss-reactive ketones (excluding diaryl/α,β-unsaturated/α-hetero) is 1. The van der Waals surface area contributed by atoms with Crippen LogP contribution in [-0.2, 0) is 21.8 Å². The number of carbonyl (C=O) groups excluding carboxylic acids is 2. The Morgan fingerprint density at radius 3 is 2.10 bits per heavy atom. The molecule has 31 heavy (non-hydrogen) atoms. The number of rotatable bonds is 8. The second kappa shape index (κ2) is 9.36. The van der Waals surface area contributed by atoms with Crippen LogP contribution in [-0.4, -0.2) is 48.7 Å². The molecule has 2 rings (SSSR count). The number of hydrogen-bond acceptors (Lipinski definition) is 5. The lowest BCUT2D eigenvalue weighted by Gasteiger charge is -2.29. The van der Waals surface area contributed by atoms with Crippen molar-refractivity contribution in [2.24, 2.45) is 13.0 Å². The maximum Gasteiger partial charge on any atom is 0.354 e. The third-order valence-corrected chi connectivity index (χ3v) is 7.49. The van der Waals surface area contributed by atoms with E-state index in [2.05, 4.69) is 0 Å². The first-order valence-corrected chi connectivity index (χ1v) is 11.6. The minimum absolute atomic E-state index is 0.0130. The highest BCUT2D eigenvalue weighted by Crippen LogP contribution is 2.27. The van der Waals surface area contributed by atoms with Gasteiger partial charge in [0, 0.05) is 24.8 Å². The van der Waals surface area contributed by atoms with Gasteiger partial charge in [0.05, 0.1) is 18.0 Å². The Hall–Kier alpha value is -2.45. The van der Waals surface area contributed by atoms with E-state index in [0.29, 0.717) is 16.8 Å². The summed E-state index contributed by atoms with van der Waals surface area (Å²) >= 11 is 0. The molecule has 0 fully saturated rings. The van der Waals surface area contributed by atoms with E-state index in [0.717, 1.165) is 5.56 Å². The topological polar surface area (TPSA) is 85.7 Å². The first kappa shape index (κ1) is 24.8. The zero-order chi connectivity index (χ0) is 23.7. The summed E-state index contributed by atoms with van der Waals surface area (Å²) in [6, 6.07) is 5.65. The largest absolute Gasteiger partial charge is 0.464 e. The van der Waals surface area contributed by atoms with Gasteiger partial charge in [-0.25, -0.2) is 13.2 Å².